The van der Waals surface area contributed by atoms with Crippen LogP contribution in [0.5, 0.6) is 0 Å². The number of rotatable bonds is 2. The molecule has 3 rings (SSSR count). The summed E-state index contributed by atoms with van der Waals surface area (Å²) in [5, 5.41) is 10.8. The van der Waals surface area contributed by atoms with Crippen LogP contribution >= 0.6 is 11.6 Å². The van der Waals surface area contributed by atoms with E-state index in [1.807, 2.05) is 36.0 Å². The average Bonchev–Trinajstić information content (AvgIpc) is 3.00. The Bertz CT molecular complexity index is 617. The van der Waals surface area contributed by atoms with Gasteiger partial charge in [0.15, 0.2) is 0 Å². The number of carbonyl (C=O) groups is 1. The van der Waals surface area contributed by atoms with Crippen molar-refractivity contribution in [2.75, 3.05) is 0 Å². The number of hydrogen-bond acceptors (Lipinski definition) is 1. The van der Waals surface area contributed by atoms with Crippen molar-refractivity contribution in [1.82, 2.24) is 4.57 Å². The van der Waals surface area contributed by atoms with Crippen molar-refractivity contribution in [1.29, 1.82) is 0 Å². The molecule has 1 aromatic carbocycles. The Hall–Kier alpha value is -1.48. The first-order valence-electron chi connectivity index (χ1n) is 5.55. The van der Waals surface area contributed by atoms with Gasteiger partial charge in [-0.25, -0.2) is 0 Å². The molecule has 1 aliphatic carbocycles. The highest BCUT2D eigenvalue weighted by Gasteiger charge is 2.45. The van der Waals surface area contributed by atoms with Gasteiger partial charge in [-0.1, -0.05) is 17.7 Å². The normalized spacial score (nSPS) is 22.9. The highest BCUT2D eigenvalue weighted by molar-refractivity contribution is 6.31. The zero-order valence-electron chi connectivity index (χ0n) is 9.35. The first-order chi connectivity index (χ1) is 8.08. The minimum Gasteiger partial charge on any atom is -0.481 e. The summed E-state index contributed by atoms with van der Waals surface area (Å²) < 4.78 is 2.01. The molecule has 0 bridgehead atoms. The van der Waals surface area contributed by atoms with Crippen molar-refractivity contribution < 1.29 is 9.90 Å². The standard InChI is InChI=1S/C13H12ClNO2/c1-15-6-11(9-5-10(9)13(16)17)8-3-2-7(14)4-12(8)15/h2-4,6,9-10H,5H2,1H3,(H,16,17)/t9-,10-/m1/s1. The number of aromatic nitrogens is 1. The lowest BCUT2D eigenvalue weighted by Gasteiger charge is -1.97. The van der Waals surface area contributed by atoms with Crippen molar-refractivity contribution >= 4 is 28.5 Å². The smallest absolute Gasteiger partial charge is 0.307 e. The highest BCUT2D eigenvalue weighted by atomic mass is 35.5. The van der Waals surface area contributed by atoms with Gasteiger partial charge in [0.25, 0.3) is 0 Å². The number of fused-ring (bicyclic) bond motifs is 1. The predicted octanol–water partition coefficient (Wildman–Crippen LogP) is 3.02. The highest BCUT2D eigenvalue weighted by Crippen LogP contribution is 2.50. The van der Waals surface area contributed by atoms with Crippen LogP contribution in [-0.2, 0) is 11.8 Å². The van der Waals surface area contributed by atoms with Crippen LogP contribution in [0.2, 0.25) is 5.02 Å². The van der Waals surface area contributed by atoms with Crippen LogP contribution in [0.25, 0.3) is 10.9 Å². The molecule has 1 aliphatic rings. The van der Waals surface area contributed by atoms with Crippen LogP contribution in [0, 0.1) is 5.92 Å². The molecule has 2 aromatic rings. The Labute approximate surface area is 104 Å². The average molecular weight is 250 g/mol. The summed E-state index contributed by atoms with van der Waals surface area (Å²) >= 11 is 5.97. The lowest BCUT2D eigenvalue weighted by molar-refractivity contribution is -0.138. The van der Waals surface area contributed by atoms with Crippen LogP contribution in [-0.4, -0.2) is 15.6 Å². The van der Waals surface area contributed by atoms with Crippen molar-refractivity contribution in [2.45, 2.75) is 12.3 Å². The molecule has 1 N–H and O–H groups in total. The predicted molar refractivity (Wildman–Crippen MR) is 66.4 cm³/mol. The number of aryl methyl sites for hydroxylation is 1. The summed E-state index contributed by atoms with van der Waals surface area (Å²) in [6, 6.07) is 5.74. The van der Waals surface area contributed by atoms with Gasteiger partial charge in [0.05, 0.1) is 5.92 Å². The summed E-state index contributed by atoms with van der Waals surface area (Å²) in [7, 11) is 1.96. The second-order valence-electron chi connectivity index (χ2n) is 4.64. The zero-order valence-corrected chi connectivity index (χ0v) is 10.1. The number of carboxylic acid groups (broad SMARTS) is 1. The third kappa shape index (κ3) is 1.62. The van der Waals surface area contributed by atoms with E-state index in [0.717, 1.165) is 22.9 Å². The molecule has 0 spiro atoms. The number of hydrogen-bond donors (Lipinski definition) is 1. The van der Waals surface area contributed by atoms with E-state index in [2.05, 4.69) is 0 Å². The number of benzene rings is 1. The lowest BCUT2D eigenvalue weighted by Crippen LogP contribution is -1.98. The van der Waals surface area contributed by atoms with E-state index in [0.29, 0.717) is 5.02 Å². The fourth-order valence-electron chi connectivity index (χ4n) is 2.50. The largest absolute Gasteiger partial charge is 0.481 e. The maximum Gasteiger partial charge on any atom is 0.307 e. The maximum atomic E-state index is 10.9. The van der Waals surface area contributed by atoms with Gasteiger partial charge in [-0.2, -0.15) is 0 Å². The Kier molecular flexibility index (Phi) is 2.20. The first kappa shape index (κ1) is 10.7. The zero-order chi connectivity index (χ0) is 12.2. The van der Waals surface area contributed by atoms with Crippen LogP contribution in [0.1, 0.15) is 17.9 Å². The number of halogens is 1. The van der Waals surface area contributed by atoms with Crippen molar-refractivity contribution in [3.05, 3.63) is 35.0 Å². The molecule has 1 aromatic heterocycles. The first-order valence-corrected chi connectivity index (χ1v) is 5.93. The fourth-order valence-corrected chi connectivity index (χ4v) is 2.66. The number of carboxylic acids is 1. The molecule has 3 nitrogen and oxygen atoms in total. The molecule has 17 heavy (non-hydrogen) atoms. The van der Waals surface area contributed by atoms with Gasteiger partial charge in [0, 0.05) is 35.1 Å². The molecule has 0 aliphatic heterocycles. The van der Waals surface area contributed by atoms with Gasteiger partial charge in [-0.05, 0) is 24.1 Å². The Morgan fingerprint density at radius 3 is 2.94 bits per heavy atom. The summed E-state index contributed by atoms with van der Waals surface area (Å²) in [6.07, 6.45) is 2.77. The van der Waals surface area contributed by atoms with E-state index >= 15 is 0 Å². The molecule has 1 saturated carbocycles. The summed E-state index contributed by atoms with van der Waals surface area (Å²) in [5.41, 5.74) is 2.19. The molecule has 0 saturated heterocycles. The van der Waals surface area contributed by atoms with Gasteiger partial charge in [0.1, 0.15) is 0 Å². The van der Waals surface area contributed by atoms with E-state index < -0.39 is 5.97 Å². The minimum absolute atomic E-state index is 0.164. The Morgan fingerprint density at radius 1 is 1.53 bits per heavy atom. The molecule has 2 atom stereocenters. The molecule has 1 fully saturated rings. The van der Waals surface area contributed by atoms with Crippen molar-refractivity contribution in [3.63, 3.8) is 0 Å². The van der Waals surface area contributed by atoms with Crippen LogP contribution in [0.4, 0.5) is 0 Å². The number of aliphatic carboxylic acids is 1. The molecule has 88 valence electrons. The van der Waals surface area contributed by atoms with Gasteiger partial charge in [-0.15, -0.1) is 0 Å². The third-order valence-corrected chi connectivity index (χ3v) is 3.73. The summed E-state index contributed by atoms with van der Waals surface area (Å²) in [5.74, 6) is -0.741. The third-order valence-electron chi connectivity index (χ3n) is 3.49. The van der Waals surface area contributed by atoms with E-state index in [1.54, 1.807) is 0 Å². The van der Waals surface area contributed by atoms with E-state index in [1.165, 1.54) is 0 Å². The quantitative estimate of drug-likeness (QED) is 0.889. The molecule has 0 unspecified atom stereocenters. The monoisotopic (exact) mass is 249 g/mol. The lowest BCUT2D eigenvalue weighted by atomic mass is 10.1. The van der Waals surface area contributed by atoms with Gasteiger partial charge < -0.3 is 9.67 Å². The fraction of sp³-hybridized carbons (Fsp3) is 0.308. The van der Waals surface area contributed by atoms with Crippen molar-refractivity contribution in [2.24, 2.45) is 13.0 Å². The van der Waals surface area contributed by atoms with Gasteiger partial charge >= 0.3 is 5.97 Å². The summed E-state index contributed by atoms with van der Waals surface area (Å²) in [4.78, 5) is 10.9. The van der Waals surface area contributed by atoms with E-state index in [9.17, 15) is 4.79 Å². The maximum absolute atomic E-state index is 10.9. The second-order valence-corrected chi connectivity index (χ2v) is 5.08. The van der Waals surface area contributed by atoms with E-state index in [4.69, 9.17) is 16.7 Å². The number of nitrogens with zero attached hydrogens (tertiary/aromatic N) is 1. The van der Waals surface area contributed by atoms with Crippen LogP contribution < -0.4 is 0 Å². The van der Waals surface area contributed by atoms with Crippen molar-refractivity contribution in [3.8, 4) is 0 Å². The van der Waals surface area contributed by atoms with E-state index in [-0.39, 0.29) is 11.8 Å². The molecule has 0 radical (unpaired) electrons. The van der Waals surface area contributed by atoms with Crippen LogP contribution in [0.15, 0.2) is 24.4 Å². The molecule has 4 heteroatoms. The summed E-state index contributed by atoms with van der Waals surface area (Å²) in [6.45, 7) is 0. The van der Waals surface area contributed by atoms with Crippen LogP contribution in [0.3, 0.4) is 0 Å². The molecular weight excluding hydrogens is 238 g/mol. The molecule has 0 amide bonds. The second kappa shape index (κ2) is 3.50. The SMILES string of the molecule is Cn1cc([C@@H]2C[C@H]2C(=O)O)c2ccc(Cl)cc21. The molecule has 1 heterocycles. The Balaban J connectivity index is 2.10. The Morgan fingerprint density at radius 2 is 2.29 bits per heavy atom. The van der Waals surface area contributed by atoms with Gasteiger partial charge in [-0.3, -0.25) is 4.79 Å². The minimum atomic E-state index is -0.694. The molecular formula is C13H12ClNO2. The van der Waals surface area contributed by atoms with Gasteiger partial charge in [0.2, 0.25) is 0 Å². The topological polar surface area (TPSA) is 42.2 Å².